The van der Waals surface area contributed by atoms with Crippen LogP contribution < -0.4 is 4.90 Å². The van der Waals surface area contributed by atoms with E-state index in [0.717, 1.165) is 36.0 Å². The fraction of sp³-hybridized carbons (Fsp3) is 0.536. The van der Waals surface area contributed by atoms with Crippen LogP contribution in [0.4, 0.5) is 32.2 Å². The van der Waals surface area contributed by atoms with E-state index in [1.807, 2.05) is 21.6 Å². The topological polar surface area (TPSA) is 50.1 Å². The highest BCUT2D eigenvalue weighted by Gasteiger charge is 2.60. The van der Waals surface area contributed by atoms with Crippen molar-refractivity contribution < 1.29 is 26.3 Å². The Morgan fingerprint density at radius 2 is 1.73 bits per heavy atom. The highest BCUT2D eigenvalue weighted by atomic mass is 35.5. The van der Waals surface area contributed by atoms with Crippen LogP contribution in [-0.4, -0.2) is 50.0 Å². The molecule has 2 aromatic heterocycles. The molecule has 13 heteroatoms. The molecule has 41 heavy (non-hydrogen) atoms. The van der Waals surface area contributed by atoms with Crippen molar-refractivity contribution in [1.29, 1.82) is 0 Å². The van der Waals surface area contributed by atoms with Gasteiger partial charge < -0.3 is 4.90 Å². The average Bonchev–Trinajstić information content (AvgIpc) is 3.15. The van der Waals surface area contributed by atoms with Gasteiger partial charge in [-0.15, -0.1) is 10.2 Å². The van der Waals surface area contributed by atoms with Gasteiger partial charge in [-0.05, 0) is 61.6 Å². The fourth-order valence-electron chi connectivity index (χ4n) is 7.17. The zero-order valence-electron chi connectivity index (χ0n) is 22.1. The van der Waals surface area contributed by atoms with Crippen LogP contribution in [0.25, 0.3) is 5.69 Å². The summed E-state index contributed by atoms with van der Waals surface area (Å²) in [5.74, 6) is 0.942. The van der Waals surface area contributed by atoms with Gasteiger partial charge in [-0.1, -0.05) is 18.5 Å². The van der Waals surface area contributed by atoms with Crippen LogP contribution in [0.5, 0.6) is 0 Å². The van der Waals surface area contributed by atoms with E-state index in [0.29, 0.717) is 42.8 Å². The molecule has 0 bridgehead atoms. The third-order valence-corrected chi connectivity index (χ3v) is 9.73. The minimum Gasteiger partial charge on any atom is -0.355 e. The van der Waals surface area contributed by atoms with Crippen molar-refractivity contribution in [2.24, 2.45) is 10.8 Å². The predicted octanol–water partition coefficient (Wildman–Crippen LogP) is 6.82. The number of anilines is 1. The van der Waals surface area contributed by atoms with Crippen LogP contribution in [0.3, 0.4) is 0 Å². The maximum Gasteiger partial charge on any atom is 0.394 e. The molecule has 3 aromatic rings. The molecule has 0 amide bonds. The lowest BCUT2D eigenvalue weighted by atomic mass is 9.57. The summed E-state index contributed by atoms with van der Waals surface area (Å²) in [5, 5.41) is 9.60. The molecule has 7 rings (SSSR count). The summed E-state index contributed by atoms with van der Waals surface area (Å²) < 4.78 is 82.6. The van der Waals surface area contributed by atoms with E-state index >= 15 is 0 Å². The molecule has 4 heterocycles. The standard InChI is InChI=1S/C28H27ClF6N6/c1-26(28(33,34)35)9-18(10-26)39-11-15-6-17(29)2-4-20(15)41-22(12-39)37-38-25(41)16-7-27(8-16)13-40(14-27)21-5-3-19(30)23(36-21)24(31)32/h2-6,16,18,24H,7-14H2,1H3. The lowest BCUT2D eigenvalue weighted by Crippen LogP contribution is -2.62. The first kappa shape index (κ1) is 27.0. The zero-order valence-corrected chi connectivity index (χ0v) is 22.9. The van der Waals surface area contributed by atoms with E-state index in [9.17, 15) is 26.3 Å². The van der Waals surface area contributed by atoms with Crippen molar-refractivity contribution in [3.8, 4) is 5.69 Å². The number of aromatic nitrogens is 4. The van der Waals surface area contributed by atoms with Gasteiger partial charge in [0, 0.05) is 42.0 Å². The average molecular weight is 597 g/mol. The number of hydrogen-bond acceptors (Lipinski definition) is 5. The second kappa shape index (κ2) is 9.07. The Morgan fingerprint density at radius 3 is 2.41 bits per heavy atom. The molecule has 6 nitrogen and oxygen atoms in total. The number of rotatable bonds is 4. The van der Waals surface area contributed by atoms with Gasteiger partial charge in [0.25, 0.3) is 6.43 Å². The van der Waals surface area contributed by atoms with Crippen molar-refractivity contribution in [2.75, 3.05) is 18.0 Å². The van der Waals surface area contributed by atoms with Crippen LogP contribution >= 0.6 is 11.6 Å². The number of alkyl halides is 5. The number of nitrogens with zero attached hydrogens (tertiary/aromatic N) is 6. The van der Waals surface area contributed by atoms with Crippen LogP contribution in [0, 0.1) is 16.6 Å². The normalized spacial score (nSPS) is 25.8. The van der Waals surface area contributed by atoms with Crippen LogP contribution in [0.2, 0.25) is 5.02 Å². The monoisotopic (exact) mass is 596 g/mol. The highest BCUT2D eigenvalue weighted by Crippen LogP contribution is 2.57. The summed E-state index contributed by atoms with van der Waals surface area (Å²) in [7, 11) is 0. The Balaban J connectivity index is 1.10. The number of halogens is 7. The second-order valence-electron chi connectivity index (χ2n) is 12.4. The molecule has 2 aliphatic heterocycles. The van der Waals surface area contributed by atoms with E-state index in [2.05, 4.69) is 20.1 Å². The molecule has 0 N–H and O–H groups in total. The third-order valence-electron chi connectivity index (χ3n) is 9.49. The van der Waals surface area contributed by atoms with Gasteiger partial charge in [-0.2, -0.15) is 13.2 Å². The van der Waals surface area contributed by atoms with Gasteiger partial charge in [-0.25, -0.2) is 18.2 Å². The number of pyridine rings is 1. The Hall–Kier alpha value is -2.86. The molecule has 0 unspecified atom stereocenters. The molecule has 4 aliphatic rings. The molecular formula is C28H27ClF6N6. The molecule has 0 atom stereocenters. The maximum atomic E-state index is 13.7. The summed E-state index contributed by atoms with van der Waals surface area (Å²) in [5.41, 5.74) is -0.721. The van der Waals surface area contributed by atoms with Crippen LogP contribution in [0.1, 0.15) is 67.9 Å². The van der Waals surface area contributed by atoms with E-state index in [1.165, 1.54) is 13.0 Å². The summed E-state index contributed by atoms with van der Waals surface area (Å²) >= 11 is 6.34. The highest BCUT2D eigenvalue weighted by molar-refractivity contribution is 6.30. The fourth-order valence-corrected chi connectivity index (χ4v) is 7.37. The van der Waals surface area contributed by atoms with E-state index in [4.69, 9.17) is 11.6 Å². The summed E-state index contributed by atoms with van der Waals surface area (Å²) in [6.07, 6.45) is -5.49. The molecule has 3 fully saturated rings. The number of hydrogen-bond donors (Lipinski definition) is 0. The van der Waals surface area contributed by atoms with Gasteiger partial charge in [0.05, 0.1) is 17.6 Å². The lowest BCUT2D eigenvalue weighted by Gasteiger charge is -2.59. The van der Waals surface area contributed by atoms with Gasteiger partial charge in [-0.3, -0.25) is 9.47 Å². The lowest BCUT2D eigenvalue weighted by molar-refractivity contribution is -0.258. The number of fused-ring (bicyclic) bond motifs is 3. The SMILES string of the molecule is CC1(C(F)(F)F)CC(N2Cc3cc(Cl)ccc3-n3c(nnc3C3CC4(C3)CN(c3ccc(F)c(C(F)F)n3)C4)C2)C1. The first-order valence-electron chi connectivity index (χ1n) is 13.6. The van der Waals surface area contributed by atoms with E-state index in [-0.39, 0.29) is 30.2 Å². The molecule has 0 radical (unpaired) electrons. The first-order chi connectivity index (χ1) is 19.3. The van der Waals surface area contributed by atoms with Crippen molar-refractivity contribution in [3.63, 3.8) is 0 Å². The summed E-state index contributed by atoms with van der Waals surface area (Å²) in [6, 6.07) is 7.81. The van der Waals surface area contributed by atoms with Crippen molar-refractivity contribution in [1.82, 2.24) is 24.6 Å². The zero-order chi connectivity index (χ0) is 28.9. The van der Waals surface area contributed by atoms with Crippen molar-refractivity contribution in [2.45, 2.75) is 70.3 Å². The Kier molecular flexibility index (Phi) is 5.97. The predicted molar refractivity (Wildman–Crippen MR) is 139 cm³/mol. The van der Waals surface area contributed by atoms with Crippen LogP contribution in [0.15, 0.2) is 30.3 Å². The van der Waals surface area contributed by atoms with E-state index in [1.54, 1.807) is 6.07 Å². The van der Waals surface area contributed by atoms with Crippen molar-refractivity contribution in [3.05, 3.63) is 64.1 Å². The minimum absolute atomic E-state index is 0.00824. The smallest absolute Gasteiger partial charge is 0.355 e. The van der Waals surface area contributed by atoms with E-state index < -0.39 is 29.5 Å². The Morgan fingerprint density at radius 1 is 1.00 bits per heavy atom. The number of benzene rings is 1. The largest absolute Gasteiger partial charge is 0.394 e. The van der Waals surface area contributed by atoms with Gasteiger partial charge in [0.2, 0.25) is 0 Å². The van der Waals surface area contributed by atoms with Gasteiger partial charge >= 0.3 is 6.18 Å². The molecule has 1 spiro atoms. The maximum absolute atomic E-state index is 13.7. The molecule has 1 saturated heterocycles. The molecule has 2 saturated carbocycles. The third kappa shape index (κ3) is 4.31. The second-order valence-corrected chi connectivity index (χ2v) is 12.8. The van der Waals surface area contributed by atoms with Gasteiger partial charge in [0.1, 0.15) is 17.3 Å². The molecule has 218 valence electrons. The first-order valence-corrected chi connectivity index (χ1v) is 14.0. The van der Waals surface area contributed by atoms with Gasteiger partial charge in [0.15, 0.2) is 11.6 Å². The summed E-state index contributed by atoms with van der Waals surface area (Å²) in [4.78, 5) is 7.77. The van der Waals surface area contributed by atoms with Crippen LogP contribution in [-0.2, 0) is 13.1 Å². The molecule has 1 aromatic carbocycles. The minimum atomic E-state index is -4.24. The Labute approximate surface area is 237 Å². The Bertz CT molecular complexity index is 1500. The summed E-state index contributed by atoms with van der Waals surface area (Å²) in [6.45, 7) is 3.39. The quantitative estimate of drug-likeness (QED) is 0.309. The molecule has 2 aliphatic carbocycles. The van der Waals surface area contributed by atoms with Crippen molar-refractivity contribution >= 4 is 17.4 Å². The molecular weight excluding hydrogens is 570 g/mol.